The summed E-state index contributed by atoms with van der Waals surface area (Å²) in [5.41, 5.74) is 5.79. The third-order valence-electron chi connectivity index (χ3n) is 3.89. The first-order valence-electron chi connectivity index (χ1n) is 6.66. The number of nitrogens with two attached hydrogens (primary N) is 1. The van der Waals surface area contributed by atoms with Gasteiger partial charge in [0.1, 0.15) is 0 Å². The van der Waals surface area contributed by atoms with Crippen LogP contribution in [0.1, 0.15) is 32.1 Å². The van der Waals surface area contributed by atoms with Crippen LogP contribution >= 0.6 is 0 Å². The molecule has 2 unspecified atom stereocenters. The molecule has 0 bridgehead atoms. The van der Waals surface area contributed by atoms with E-state index in [0.717, 1.165) is 19.5 Å². The van der Waals surface area contributed by atoms with Crippen LogP contribution < -0.4 is 5.73 Å². The molecule has 2 atom stereocenters. The fourth-order valence-electron chi connectivity index (χ4n) is 2.74. The summed E-state index contributed by atoms with van der Waals surface area (Å²) in [5.74, 6) is 0.879. The smallest absolute Gasteiger partial charge is 0.222 e. The van der Waals surface area contributed by atoms with Gasteiger partial charge in [-0.15, -0.1) is 0 Å². The lowest BCUT2D eigenvalue weighted by Crippen LogP contribution is -2.38. The molecule has 1 rings (SSSR count). The lowest BCUT2D eigenvalue weighted by molar-refractivity contribution is -0.128. The first kappa shape index (κ1) is 14.5. The molecule has 0 aromatic rings. The Morgan fingerprint density at radius 2 is 2.00 bits per heavy atom. The van der Waals surface area contributed by atoms with E-state index in [9.17, 15) is 4.79 Å². The summed E-state index contributed by atoms with van der Waals surface area (Å²) in [6.07, 6.45) is 5.42. The van der Waals surface area contributed by atoms with Crippen LogP contribution in [0, 0.1) is 5.92 Å². The van der Waals surface area contributed by atoms with Gasteiger partial charge in [-0.3, -0.25) is 4.79 Å². The van der Waals surface area contributed by atoms with Gasteiger partial charge in [-0.25, -0.2) is 0 Å². The van der Waals surface area contributed by atoms with Crippen molar-refractivity contribution in [2.45, 2.75) is 38.1 Å². The van der Waals surface area contributed by atoms with Gasteiger partial charge >= 0.3 is 0 Å². The van der Waals surface area contributed by atoms with Gasteiger partial charge in [-0.05, 0) is 45.3 Å². The average molecular weight is 241 g/mol. The van der Waals surface area contributed by atoms with Crippen molar-refractivity contribution in [1.29, 1.82) is 0 Å². The first-order valence-corrected chi connectivity index (χ1v) is 6.66. The number of hydrogen-bond acceptors (Lipinski definition) is 3. The Kier molecular flexibility index (Phi) is 5.92. The molecular weight excluding hydrogens is 214 g/mol. The summed E-state index contributed by atoms with van der Waals surface area (Å²) in [4.78, 5) is 15.5. The molecule has 1 amide bonds. The molecule has 0 aromatic heterocycles. The Morgan fingerprint density at radius 3 is 2.59 bits per heavy atom. The number of rotatable bonds is 6. The van der Waals surface area contributed by atoms with Gasteiger partial charge in [0.25, 0.3) is 0 Å². The van der Waals surface area contributed by atoms with E-state index < -0.39 is 0 Å². The molecule has 17 heavy (non-hydrogen) atoms. The van der Waals surface area contributed by atoms with Crippen molar-refractivity contribution in [3.63, 3.8) is 0 Å². The molecule has 1 saturated carbocycles. The summed E-state index contributed by atoms with van der Waals surface area (Å²) in [5, 5.41) is 0. The monoisotopic (exact) mass is 241 g/mol. The average Bonchev–Trinajstić information content (AvgIpc) is 2.76. The molecule has 0 radical (unpaired) electrons. The Labute approximate surface area is 105 Å². The van der Waals surface area contributed by atoms with Crippen molar-refractivity contribution in [3.05, 3.63) is 0 Å². The zero-order valence-electron chi connectivity index (χ0n) is 11.5. The Bertz CT molecular complexity index is 243. The second-order valence-electron chi connectivity index (χ2n) is 5.37. The van der Waals surface area contributed by atoms with E-state index in [1.165, 1.54) is 19.3 Å². The molecule has 0 aliphatic heterocycles. The zero-order valence-corrected chi connectivity index (χ0v) is 11.5. The van der Waals surface area contributed by atoms with Crippen LogP contribution in [0.15, 0.2) is 0 Å². The third kappa shape index (κ3) is 4.28. The van der Waals surface area contributed by atoms with Gasteiger partial charge in [0.2, 0.25) is 5.91 Å². The molecule has 4 nitrogen and oxygen atoms in total. The molecule has 1 fully saturated rings. The topological polar surface area (TPSA) is 49.6 Å². The van der Waals surface area contributed by atoms with Gasteiger partial charge in [0, 0.05) is 26.6 Å². The fraction of sp³-hybridized carbons (Fsp3) is 0.923. The molecule has 2 N–H and O–H groups in total. The van der Waals surface area contributed by atoms with Crippen LogP contribution in [0.25, 0.3) is 0 Å². The maximum Gasteiger partial charge on any atom is 0.222 e. The third-order valence-corrected chi connectivity index (χ3v) is 3.89. The molecule has 0 saturated heterocycles. The lowest BCUT2D eigenvalue weighted by Gasteiger charge is -2.29. The van der Waals surface area contributed by atoms with E-state index in [4.69, 9.17) is 5.73 Å². The van der Waals surface area contributed by atoms with Crippen LogP contribution in [0.4, 0.5) is 0 Å². The molecule has 100 valence electrons. The highest BCUT2D eigenvalue weighted by Gasteiger charge is 2.28. The van der Waals surface area contributed by atoms with Gasteiger partial charge < -0.3 is 15.5 Å². The SMILES string of the molecule is CN(C)C(=O)CCCN(C)C1CCCC1CN. The quantitative estimate of drug-likeness (QED) is 0.752. The van der Waals surface area contributed by atoms with Crippen molar-refractivity contribution in [2.75, 3.05) is 34.2 Å². The number of carbonyl (C=O) groups excluding carboxylic acids is 1. The number of amides is 1. The van der Waals surface area contributed by atoms with Crippen molar-refractivity contribution in [1.82, 2.24) is 9.80 Å². The van der Waals surface area contributed by atoms with Gasteiger partial charge in [0.15, 0.2) is 0 Å². The minimum Gasteiger partial charge on any atom is -0.349 e. The minimum atomic E-state index is 0.222. The Hall–Kier alpha value is -0.610. The van der Waals surface area contributed by atoms with Crippen LogP contribution in [0.3, 0.4) is 0 Å². The van der Waals surface area contributed by atoms with Crippen LogP contribution in [-0.4, -0.2) is 56.0 Å². The Balaban J connectivity index is 2.25. The minimum absolute atomic E-state index is 0.222. The van der Waals surface area contributed by atoms with Crippen LogP contribution in [0.2, 0.25) is 0 Å². The maximum absolute atomic E-state index is 11.5. The van der Waals surface area contributed by atoms with Crippen molar-refractivity contribution >= 4 is 5.91 Å². The largest absolute Gasteiger partial charge is 0.349 e. The molecule has 0 aromatic carbocycles. The van der Waals surface area contributed by atoms with E-state index >= 15 is 0 Å². The molecule has 1 aliphatic rings. The van der Waals surface area contributed by atoms with Gasteiger partial charge in [-0.2, -0.15) is 0 Å². The first-order chi connectivity index (χ1) is 8.06. The second kappa shape index (κ2) is 6.97. The van der Waals surface area contributed by atoms with Crippen molar-refractivity contribution in [3.8, 4) is 0 Å². The number of carbonyl (C=O) groups is 1. The molecule has 1 aliphatic carbocycles. The second-order valence-corrected chi connectivity index (χ2v) is 5.37. The predicted octanol–water partition coefficient (Wildman–Crippen LogP) is 0.914. The number of hydrogen-bond donors (Lipinski definition) is 1. The summed E-state index contributed by atoms with van der Waals surface area (Å²) in [6.45, 7) is 1.80. The highest BCUT2D eigenvalue weighted by molar-refractivity contribution is 5.75. The van der Waals surface area contributed by atoms with Gasteiger partial charge in [-0.1, -0.05) is 6.42 Å². The molecule has 4 heteroatoms. The predicted molar refractivity (Wildman–Crippen MR) is 70.7 cm³/mol. The van der Waals surface area contributed by atoms with Crippen molar-refractivity contribution in [2.24, 2.45) is 11.7 Å². The zero-order chi connectivity index (χ0) is 12.8. The van der Waals surface area contributed by atoms with E-state index in [1.807, 2.05) is 14.1 Å². The fourth-order valence-corrected chi connectivity index (χ4v) is 2.74. The summed E-state index contributed by atoms with van der Waals surface area (Å²) in [6, 6.07) is 0.634. The lowest BCUT2D eigenvalue weighted by atomic mass is 10.0. The van der Waals surface area contributed by atoms with E-state index in [2.05, 4.69) is 11.9 Å². The normalized spacial score (nSPS) is 24.3. The highest BCUT2D eigenvalue weighted by Crippen LogP contribution is 2.28. The molecule has 0 heterocycles. The van der Waals surface area contributed by atoms with Crippen LogP contribution in [-0.2, 0) is 4.79 Å². The molecule has 0 spiro atoms. The molecular formula is C13H27N3O. The van der Waals surface area contributed by atoms with E-state index in [1.54, 1.807) is 4.90 Å². The number of nitrogens with zero attached hydrogens (tertiary/aromatic N) is 2. The van der Waals surface area contributed by atoms with E-state index in [-0.39, 0.29) is 5.91 Å². The standard InChI is InChI=1S/C13H27N3O/c1-15(2)13(17)8-5-9-16(3)12-7-4-6-11(12)10-14/h11-12H,4-10,14H2,1-3H3. The van der Waals surface area contributed by atoms with Gasteiger partial charge in [0.05, 0.1) is 0 Å². The highest BCUT2D eigenvalue weighted by atomic mass is 16.2. The summed E-state index contributed by atoms with van der Waals surface area (Å²) in [7, 11) is 5.79. The van der Waals surface area contributed by atoms with Crippen LogP contribution in [0.5, 0.6) is 0 Å². The Morgan fingerprint density at radius 1 is 1.29 bits per heavy atom. The maximum atomic E-state index is 11.5. The van der Waals surface area contributed by atoms with E-state index in [0.29, 0.717) is 18.4 Å². The van der Waals surface area contributed by atoms with Crippen molar-refractivity contribution < 1.29 is 4.79 Å². The summed E-state index contributed by atoms with van der Waals surface area (Å²) < 4.78 is 0. The summed E-state index contributed by atoms with van der Waals surface area (Å²) >= 11 is 0.